The molecule has 1 saturated heterocycles. The summed E-state index contributed by atoms with van der Waals surface area (Å²) in [5.41, 5.74) is 1.12. The van der Waals surface area contributed by atoms with Gasteiger partial charge in [0.2, 0.25) is 0 Å². The third kappa shape index (κ3) is 2.09. The van der Waals surface area contributed by atoms with E-state index in [1.54, 1.807) is 0 Å². The van der Waals surface area contributed by atoms with Gasteiger partial charge >= 0.3 is 0 Å². The quantitative estimate of drug-likeness (QED) is 0.858. The number of nitrogens with zero attached hydrogens (tertiary/aromatic N) is 3. The Bertz CT molecular complexity index is 378. The largest absolute Gasteiger partial charge is 0.375 e. The molecule has 1 aliphatic rings. The van der Waals surface area contributed by atoms with Crippen LogP contribution in [0, 0.1) is 11.8 Å². The van der Waals surface area contributed by atoms with Crippen LogP contribution in [0.25, 0.3) is 0 Å². The monoisotopic (exact) mass is 238 g/mol. The smallest absolute Gasteiger partial charge is 0.0757 e. The lowest BCUT2D eigenvalue weighted by molar-refractivity contribution is 0.0475. The van der Waals surface area contributed by atoms with Crippen molar-refractivity contribution in [3.05, 3.63) is 11.9 Å². The van der Waals surface area contributed by atoms with E-state index in [4.69, 9.17) is 4.74 Å². The van der Waals surface area contributed by atoms with E-state index >= 15 is 0 Å². The highest BCUT2D eigenvalue weighted by Gasteiger charge is 2.42. The van der Waals surface area contributed by atoms with Crippen LogP contribution in [0.1, 0.15) is 32.5 Å². The van der Waals surface area contributed by atoms with Crippen LogP contribution in [0.2, 0.25) is 0 Å². The number of hydrogen-bond acceptors (Lipinski definition) is 4. The second-order valence-corrected chi connectivity index (χ2v) is 5.03. The fourth-order valence-corrected chi connectivity index (χ4v) is 2.98. The molecule has 2 rings (SSSR count). The summed E-state index contributed by atoms with van der Waals surface area (Å²) < 4.78 is 7.75. The van der Waals surface area contributed by atoms with Crippen molar-refractivity contribution in [2.45, 2.75) is 39.0 Å². The van der Waals surface area contributed by atoms with Crippen molar-refractivity contribution in [3.8, 4) is 0 Å². The zero-order valence-corrected chi connectivity index (χ0v) is 11.2. The molecule has 5 heteroatoms. The van der Waals surface area contributed by atoms with Crippen molar-refractivity contribution < 1.29 is 4.74 Å². The van der Waals surface area contributed by atoms with E-state index in [0.717, 1.165) is 5.69 Å². The van der Waals surface area contributed by atoms with Crippen molar-refractivity contribution in [1.82, 2.24) is 20.3 Å². The maximum Gasteiger partial charge on any atom is 0.0757 e. The Morgan fingerprint density at radius 3 is 2.47 bits per heavy atom. The molecular formula is C12H22N4O. The van der Waals surface area contributed by atoms with Gasteiger partial charge in [-0.2, -0.15) is 0 Å². The van der Waals surface area contributed by atoms with Crippen LogP contribution in [0.3, 0.4) is 0 Å². The van der Waals surface area contributed by atoms with E-state index in [1.165, 1.54) is 0 Å². The van der Waals surface area contributed by atoms with Gasteiger partial charge in [-0.15, -0.1) is 5.10 Å². The minimum absolute atomic E-state index is 0.241. The fourth-order valence-electron chi connectivity index (χ4n) is 2.98. The van der Waals surface area contributed by atoms with Gasteiger partial charge in [0.05, 0.1) is 30.1 Å². The molecule has 1 aromatic heterocycles. The Balaban J connectivity index is 2.27. The lowest BCUT2D eigenvalue weighted by Crippen LogP contribution is -2.34. The summed E-state index contributed by atoms with van der Waals surface area (Å²) in [4.78, 5) is 0. The maximum atomic E-state index is 5.92. The molecule has 5 nitrogen and oxygen atoms in total. The molecule has 0 saturated carbocycles. The second kappa shape index (κ2) is 4.74. The Kier molecular flexibility index (Phi) is 3.49. The van der Waals surface area contributed by atoms with E-state index in [-0.39, 0.29) is 12.1 Å². The molecule has 5 unspecified atom stereocenters. The van der Waals surface area contributed by atoms with E-state index in [9.17, 15) is 0 Å². The number of ether oxygens (including phenoxy) is 1. The first-order valence-corrected chi connectivity index (χ1v) is 6.23. The molecule has 2 heterocycles. The molecular weight excluding hydrogens is 216 g/mol. The van der Waals surface area contributed by atoms with Crippen LogP contribution < -0.4 is 5.32 Å². The minimum atomic E-state index is 0.241. The molecule has 0 radical (unpaired) electrons. The van der Waals surface area contributed by atoms with Gasteiger partial charge in [-0.25, -0.2) is 0 Å². The van der Waals surface area contributed by atoms with Crippen LogP contribution >= 0.6 is 0 Å². The number of aryl methyl sites for hydroxylation is 1. The predicted molar refractivity (Wildman–Crippen MR) is 65.5 cm³/mol. The van der Waals surface area contributed by atoms with Gasteiger partial charge in [0.25, 0.3) is 0 Å². The Labute approximate surface area is 103 Å². The second-order valence-electron chi connectivity index (χ2n) is 5.03. The molecule has 1 fully saturated rings. The number of nitrogens with one attached hydrogen (secondary N) is 1. The van der Waals surface area contributed by atoms with Gasteiger partial charge in [-0.1, -0.05) is 12.1 Å². The first-order chi connectivity index (χ1) is 8.06. The first kappa shape index (κ1) is 12.5. The van der Waals surface area contributed by atoms with Crippen LogP contribution in [0.15, 0.2) is 6.20 Å². The van der Waals surface area contributed by atoms with E-state index in [1.807, 2.05) is 25.0 Å². The summed E-state index contributed by atoms with van der Waals surface area (Å²) in [6.45, 7) is 6.56. The summed E-state index contributed by atoms with van der Waals surface area (Å²) in [7, 11) is 3.92. The van der Waals surface area contributed by atoms with Crippen LogP contribution in [0.5, 0.6) is 0 Å². The van der Waals surface area contributed by atoms with Gasteiger partial charge in [-0.05, 0) is 26.8 Å². The summed E-state index contributed by atoms with van der Waals surface area (Å²) >= 11 is 0. The third-order valence-electron chi connectivity index (χ3n) is 4.08. The first-order valence-electron chi connectivity index (χ1n) is 6.23. The molecule has 0 amide bonds. The lowest BCUT2D eigenvalue weighted by atomic mass is 9.82. The molecule has 1 N–H and O–H groups in total. The lowest BCUT2D eigenvalue weighted by Gasteiger charge is -2.28. The van der Waals surface area contributed by atoms with Crippen molar-refractivity contribution in [2.75, 3.05) is 7.05 Å². The Morgan fingerprint density at radius 1 is 1.35 bits per heavy atom. The minimum Gasteiger partial charge on any atom is -0.375 e. The van der Waals surface area contributed by atoms with Crippen molar-refractivity contribution in [3.63, 3.8) is 0 Å². The topological polar surface area (TPSA) is 52.0 Å². The highest BCUT2D eigenvalue weighted by molar-refractivity contribution is 5.07. The molecule has 0 spiro atoms. The molecule has 5 atom stereocenters. The van der Waals surface area contributed by atoms with Crippen LogP contribution in [-0.4, -0.2) is 34.2 Å². The van der Waals surface area contributed by atoms with Gasteiger partial charge in [0, 0.05) is 13.0 Å². The maximum absolute atomic E-state index is 5.92. The van der Waals surface area contributed by atoms with Crippen LogP contribution in [-0.2, 0) is 11.8 Å². The van der Waals surface area contributed by atoms with E-state index < -0.39 is 0 Å². The van der Waals surface area contributed by atoms with Crippen LogP contribution in [0.4, 0.5) is 0 Å². The summed E-state index contributed by atoms with van der Waals surface area (Å²) in [6.07, 6.45) is 2.41. The molecule has 0 bridgehead atoms. The van der Waals surface area contributed by atoms with Crippen molar-refractivity contribution in [2.24, 2.45) is 18.9 Å². The normalized spacial score (nSPS) is 35.1. The zero-order chi connectivity index (χ0) is 12.6. The van der Waals surface area contributed by atoms with E-state index in [0.29, 0.717) is 17.9 Å². The molecule has 0 aromatic carbocycles. The van der Waals surface area contributed by atoms with Crippen molar-refractivity contribution >= 4 is 0 Å². The standard InChI is InChI=1S/C12H22N4O/c1-7-8(2)17-9(3)11(7)12(13-4)10-6-14-15-16(10)5/h6-9,11-13H,1-5H3. The summed E-state index contributed by atoms with van der Waals surface area (Å²) in [5.74, 6) is 0.976. The predicted octanol–water partition coefficient (Wildman–Crippen LogP) is 1.14. The van der Waals surface area contributed by atoms with Gasteiger partial charge in [0.15, 0.2) is 0 Å². The number of aromatic nitrogens is 3. The van der Waals surface area contributed by atoms with Gasteiger partial charge in [0.1, 0.15) is 0 Å². The highest BCUT2D eigenvalue weighted by atomic mass is 16.5. The third-order valence-corrected chi connectivity index (χ3v) is 4.08. The van der Waals surface area contributed by atoms with Crippen molar-refractivity contribution in [1.29, 1.82) is 0 Å². The number of rotatable bonds is 3. The SMILES string of the molecule is CNC(c1cnnn1C)C1C(C)OC(C)C1C. The summed E-state index contributed by atoms with van der Waals surface area (Å²) in [5, 5.41) is 11.4. The highest BCUT2D eigenvalue weighted by Crippen LogP contribution is 2.39. The fraction of sp³-hybridized carbons (Fsp3) is 0.833. The Hall–Kier alpha value is -0.940. The van der Waals surface area contributed by atoms with Gasteiger partial charge in [-0.3, -0.25) is 4.68 Å². The molecule has 1 aliphatic heterocycles. The average molecular weight is 238 g/mol. The van der Waals surface area contributed by atoms with E-state index in [2.05, 4.69) is 36.4 Å². The Morgan fingerprint density at radius 2 is 2.06 bits per heavy atom. The molecule has 1 aromatic rings. The molecule has 96 valence electrons. The average Bonchev–Trinajstić information content (AvgIpc) is 2.79. The zero-order valence-electron chi connectivity index (χ0n) is 11.2. The molecule has 0 aliphatic carbocycles. The molecule has 17 heavy (non-hydrogen) atoms. The summed E-state index contributed by atoms with van der Waals surface area (Å²) in [6, 6.07) is 0.241. The number of hydrogen-bond donors (Lipinski definition) is 1. The van der Waals surface area contributed by atoms with Gasteiger partial charge < -0.3 is 10.1 Å².